The number of benzene rings is 2. The summed E-state index contributed by atoms with van der Waals surface area (Å²) in [6.07, 6.45) is 6.88. The van der Waals surface area contributed by atoms with Gasteiger partial charge in [0.15, 0.2) is 0 Å². The van der Waals surface area contributed by atoms with E-state index in [0.29, 0.717) is 11.4 Å². The van der Waals surface area contributed by atoms with Gasteiger partial charge in [-0.3, -0.25) is 4.79 Å². The first-order valence-corrected chi connectivity index (χ1v) is 12.1. The van der Waals surface area contributed by atoms with Crippen molar-refractivity contribution in [2.45, 2.75) is 56.9 Å². The first-order valence-electron chi connectivity index (χ1n) is 10.6. The van der Waals surface area contributed by atoms with Gasteiger partial charge in [0.1, 0.15) is 16.6 Å². The summed E-state index contributed by atoms with van der Waals surface area (Å²) < 4.78 is 17.3. The summed E-state index contributed by atoms with van der Waals surface area (Å²) in [6.45, 7) is 2.27. The molecule has 0 spiro atoms. The van der Waals surface area contributed by atoms with Gasteiger partial charge in [0.05, 0.1) is 4.90 Å². The van der Waals surface area contributed by atoms with E-state index >= 15 is 0 Å². The lowest BCUT2D eigenvalue weighted by atomic mass is 9.99. The second kappa shape index (κ2) is 8.40. The fourth-order valence-electron chi connectivity index (χ4n) is 4.49. The molecule has 0 saturated carbocycles. The van der Waals surface area contributed by atoms with Crippen LogP contribution in [0.5, 0.6) is 0 Å². The lowest BCUT2D eigenvalue weighted by Gasteiger charge is -2.16. The number of amides is 1. The van der Waals surface area contributed by atoms with E-state index < -0.39 is 9.92 Å². The molecule has 0 radical (unpaired) electrons. The Hall–Kier alpha value is -2.38. The highest BCUT2D eigenvalue weighted by molar-refractivity contribution is 7.91. The fraction of sp³-hybridized carbons (Fsp3) is 0.435. The van der Waals surface area contributed by atoms with E-state index in [4.69, 9.17) is 5.14 Å². The molecule has 0 saturated heterocycles. The highest BCUT2D eigenvalue weighted by Crippen LogP contribution is 2.38. The van der Waals surface area contributed by atoms with E-state index in [1.54, 1.807) is 24.1 Å². The summed E-state index contributed by atoms with van der Waals surface area (Å²) in [6, 6.07) is 9.58. The van der Waals surface area contributed by atoms with Crippen molar-refractivity contribution in [1.82, 2.24) is 4.90 Å². The molecule has 0 fully saturated rings. The van der Waals surface area contributed by atoms with Crippen molar-refractivity contribution in [3.8, 4) is 0 Å². The lowest BCUT2D eigenvalue weighted by molar-refractivity contribution is -0.128. The van der Waals surface area contributed by atoms with Gasteiger partial charge in [0.25, 0.3) is 0 Å². The van der Waals surface area contributed by atoms with Crippen molar-refractivity contribution in [3.63, 3.8) is 0 Å². The summed E-state index contributed by atoms with van der Waals surface area (Å²) in [5.74, 6) is 0.00153. The van der Waals surface area contributed by atoms with Gasteiger partial charge in [0, 0.05) is 26.2 Å². The van der Waals surface area contributed by atoms with Gasteiger partial charge in [-0.15, -0.1) is 0 Å². The van der Waals surface area contributed by atoms with E-state index in [0.717, 1.165) is 31.2 Å². The average Bonchev–Trinajstić information content (AvgIpc) is 3.36. The number of anilines is 1. The normalized spacial score (nSPS) is 16.5. The minimum Gasteiger partial charge on any atom is -0.365 e. The third-order valence-corrected chi connectivity index (χ3v) is 7.66. The summed E-state index contributed by atoms with van der Waals surface area (Å²) >= 11 is 0. The zero-order valence-corrected chi connectivity index (χ0v) is 18.6. The number of nitrogens with zero attached hydrogens (tertiary/aromatic N) is 2. The maximum Gasteiger partial charge on any atom is 0.219 e. The van der Waals surface area contributed by atoms with Crippen molar-refractivity contribution in [2.24, 2.45) is 9.50 Å². The number of hydrogen-bond acceptors (Lipinski definition) is 4. The van der Waals surface area contributed by atoms with Crippen LogP contribution in [0.25, 0.3) is 0 Å². The summed E-state index contributed by atoms with van der Waals surface area (Å²) in [7, 11) is -1.24. The summed E-state index contributed by atoms with van der Waals surface area (Å²) in [5.41, 5.74) is 7.90. The van der Waals surface area contributed by atoms with Crippen LogP contribution in [0.15, 0.2) is 39.6 Å². The Morgan fingerprint density at radius 2 is 1.70 bits per heavy atom. The van der Waals surface area contributed by atoms with Crippen LogP contribution in [0.4, 0.5) is 5.69 Å². The molecule has 2 aliphatic rings. The van der Waals surface area contributed by atoms with Gasteiger partial charge in [-0.2, -0.15) is 4.36 Å². The molecule has 2 aromatic rings. The van der Waals surface area contributed by atoms with Gasteiger partial charge >= 0.3 is 0 Å². The van der Waals surface area contributed by atoms with Crippen LogP contribution in [0.3, 0.4) is 0 Å². The van der Waals surface area contributed by atoms with Gasteiger partial charge in [-0.25, -0.2) is 9.35 Å². The number of aryl methyl sites for hydroxylation is 2. The quantitative estimate of drug-likeness (QED) is 0.742. The SMILES string of the molecule is CC(=O)N(C)Cc1ccc(S(N)(=O)=NCNc2c3c(cc4c2CCC4)CCC3)cc1. The minimum atomic E-state index is -2.99. The molecule has 1 unspecified atom stereocenters. The van der Waals surface area contributed by atoms with E-state index in [2.05, 4.69) is 15.7 Å². The number of nitrogens with one attached hydrogen (secondary N) is 1. The van der Waals surface area contributed by atoms with Crippen LogP contribution in [0, 0.1) is 0 Å². The predicted octanol–water partition coefficient (Wildman–Crippen LogP) is 3.41. The van der Waals surface area contributed by atoms with Gasteiger partial charge in [0.2, 0.25) is 5.91 Å². The van der Waals surface area contributed by atoms with Gasteiger partial charge < -0.3 is 10.2 Å². The van der Waals surface area contributed by atoms with Gasteiger partial charge in [-0.05, 0) is 78.5 Å². The molecule has 1 amide bonds. The Balaban J connectivity index is 1.50. The number of hydrogen-bond donors (Lipinski definition) is 2. The molecule has 0 bridgehead atoms. The third-order valence-electron chi connectivity index (χ3n) is 6.20. The van der Waals surface area contributed by atoms with Crippen LogP contribution >= 0.6 is 0 Å². The topological polar surface area (TPSA) is 87.8 Å². The van der Waals surface area contributed by atoms with Crippen LogP contribution in [-0.4, -0.2) is 28.7 Å². The average molecular weight is 427 g/mol. The first kappa shape index (κ1) is 20.9. The van der Waals surface area contributed by atoms with Crippen molar-refractivity contribution in [2.75, 3.05) is 19.0 Å². The van der Waals surface area contributed by atoms with Crippen molar-refractivity contribution in [3.05, 3.63) is 58.1 Å². The van der Waals surface area contributed by atoms with E-state index in [1.807, 2.05) is 12.1 Å². The molecule has 4 rings (SSSR count). The monoisotopic (exact) mass is 426 g/mol. The van der Waals surface area contributed by atoms with Crippen molar-refractivity contribution < 1.29 is 9.00 Å². The molecule has 2 aromatic carbocycles. The van der Waals surface area contributed by atoms with E-state index in [-0.39, 0.29) is 12.6 Å². The van der Waals surface area contributed by atoms with Crippen LogP contribution in [-0.2, 0) is 46.9 Å². The van der Waals surface area contributed by atoms with Crippen LogP contribution < -0.4 is 10.5 Å². The molecule has 0 aliphatic heterocycles. The van der Waals surface area contributed by atoms with E-state index in [9.17, 15) is 9.00 Å². The lowest BCUT2D eigenvalue weighted by Crippen LogP contribution is -2.23. The molecule has 0 heterocycles. The molecule has 30 heavy (non-hydrogen) atoms. The molecule has 7 heteroatoms. The highest BCUT2D eigenvalue weighted by Gasteiger charge is 2.23. The number of fused-ring (bicyclic) bond motifs is 2. The van der Waals surface area contributed by atoms with Crippen molar-refractivity contribution >= 4 is 21.5 Å². The van der Waals surface area contributed by atoms with Crippen LogP contribution in [0.2, 0.25) is 0 Å². The van der Waals surface area contributed by atoms with Crippen LogP contribution in [0.1, 0.15) is 47.6 Å². The number of carbonyl (C=O) groups is 1. The number of rotatable bonds is 6. The maximum atomic E-state index is 13.0. The molecular formula is C23H30N4O2S. The molecule has 2 aliphatic carbocycles. The molecule has 160 valence electrons. The minimum absolute atomic E-state index is 0.00153. The second-order valence-corrected chi connectivity index (χ2v) is 10.2. The Morgan fingerprint density at radius 1 is 1.10 bits per heavy atom. The van der Waals surface area contributed by atoms with Gasteiger partial charge in [-0.1, -0.05) is 18.2 Å². The number of carbonyl (C=O) groups excluding carboxylic acids is 1. The molecule has 3 N–H and O–H groups in total. The predicted molar refractivity (Wildman–Crippen MR) is 121 cm³/mol. The Kier molecular flexibility index (Phi) is 5.84. The Bertz CT molecular complexity index is 1050. The molecule has 6 nitrogen and oxygen atoms in total. The molecular weight excluding hydrogens is 396 g/mol. The maximum absolute atomic E-state index is 13.0. The fourth-order valence-corrected chi connectivity index (χ4v) is 5.42. The largest absolute Gasteiger partial charge is 0.365 e. The van der Waals surface area contributed by atoms with E-state index in [1.165, 1.54) is 47.7 Å². The highest BCUT2D eigenvalue weighted by atomic mass is 32.2. The molecule has 1 atom stereocenters. The first-order chi connectivity index (χ1) is 14.3. The molecule has 0 aromatic heterocycles. The second-order valence-electron chi connectivity index (χ2n) is 8.29. The third kappa shape index (κ3) is 4.23. The zero-order valence-electron chi connectivity index (χ0n) is 17.7. The standard InChI is InChI=1S/C23H30N4O2S/c1-16(28)27(2)14-17-9-11-20(12-10-17)30(24,29)26-15-25-23-21-7-3-5-18(21)13-19-6-4-8-22(19)23/h9-13,25H,3-8,14-15H2,1-2H3,(H2,24,26,29). The Morgan fingerprint density at radius 3 is 2.27 bits per heavy atom. The smallest absolute Gasteiger partial charge is 0.219 e. The number of nitrogens with two attached hydrogens (primary N) is 1. The van der Waals surface area contributed by atoms with Crippen molar-refractivity contribution in [1.29, 1.82) is 0 Å². The summed E-state index contributed by atoms with van der Waals surface area (Å²) in [5, 5.41) is 9.54. The summed E-state index contributed by atoms with van der Waals surface area (Å²) in [4.78, 5) is 13.5. The zero-order chi connectivity index (χ0) is 21.3. The Labute approximate surface area is 179 Å².